The van der Waals surface area contributed by atoms with E-state index in [1.165, 1.54) is 6.33 Å². The maximum absolute atomic E-state index is 12.9. The normalized spacial score (nSPS) is 14.4. The van der Waals surface area contributed by atoms with E-state index >= 15 is 0 Å². The largest absolute Gasteiger partial charge is 0.444 e. The Labute approximate surface area is 179 Å². The Morgan fingerprint density at radius 1 is 1.13 bits per heavy atom. The summed E-state index contributed by atoms with van der Waals surface area (Å²) in [6.45, 7) is 6.76. The molecule has 1 saturated heterocycles. The molecule has 1 aromatic carbocycles. The van der Waals surface area contributed by atoms with Crippen LogP contribution in [-0.2, 0) is 4.74 Å². The van der Waals surface area contributed by atoms with Crippen LogP contribution in [0.5, 0.6) is 0 Å². The molecule has 0 unspecified atom stereocenters. The summed E-state index contributed by atoms with van der Waals surface area (Å²) in [4.78, 5) is 47.6. The van der Waals surface area contributed by atoms with Crippen molar-refractivity contribution in [1.82, 2.24) is 19.8 Å². The van der Waals surface area contributed by atoms with E-state index < -0.39 is 17.6 Å². The topological polar surface area (TPSA) is 108 Å². The molecular formula is C20H24ClN5O4. The molecule has 1 fully saturated rings. The Morgan fingerprint density at radius 2 is 1.80 bits per heavy atom. The van der Waals surface area contributed by atoms with Crippen LogP contribution in [0.25, 0.3) is 0 Å². The molecule has 10 heteroatoms. The summed E-state index contributed by atoms with van der Waals surface area (Å²) in [6.07, 6.45) is 0.898. The van der Waals surface area contributed by atoms with E-state index in [1.807, 2.05) is 0 Å². The number of halogens is 1. The van der Waals surface area contributed by atoms with Gasteiger partial charge in [-0.15, -0.1) is 0 Å². The van der Waals surface area contributed by atoms with E-state index in [9.17, 15) is 14.4 Å². The first-order valence-corrected chi connectivity index (χ1v) is 9.89. The van der Waals surface area contributed by atoms with Gasteiger partial charge in [-0.05, 0) is 39.0 Å². The van der Waals surface area contributed by atoms with Gasteiger partial charge >= 0.3 is 6.09 Å². The number of hydrogen-bond acceptors (Lipinski definition) is 5. The molecule has 2 N–H and O–H groups in total. The average molecular weight is 434 g/mol. The van der Waals surface area contributed by atoms with Crippen molar-refractivity contribution in [3.8, 4) is 0 Å². The fourth-order valence-corrected chi connectivity index (χ4v) is 3.15. The first kappa shape index (κ1) is 21.6. The second kappa shape index (κ2) is 8.74. The van der Waals surface area contributed by atoms with Crippen LogP contribution in [0.15, 0.2) is 30.6 Å². The van der Waals surface area contributed by atoms with Gasteiger partial charge in [0.25, 0.3) is 11.8 Å². The molecule has 0 spiro atoms. The van der Waals surface area contributed by atoms with Crippen molar-refractivity contribution in [2.45, 2.75) is 26.4 Å². The monoisotopic (exact) mass is 433 g/mol. The van der Waals surface area contributed by atoms with Crippen molar-refractivity contribution in [3.05, 3.63) is 47.0 Å². The minimum Gasteiger partial charge on any atom is -0.444 e. The highest BCUT2D eigenvalue weighted by Crippen LogP contribution is 2.18. The molecule has 160 valence electrons. The van der Waals surface area contributed by atoms with Crippen molar-refractivity contribution < 1.29 is 19.1 Å². The molecule has 3 rings (SSSR count). The lowest BCUT2D eigenvalue weighted by molar-refractivity contribution is 0.0140. The molecule has 1 aliphatic rings. The smallest absolute Gasteiger partial charge is 0.410 e. The molecule has 9 nitrogen and oxygen atoms in total. The van der Waals surface area contributed by atoms with Gasteiger partial charge in [0.05, 0.1) is 6.33 Å². The zero-order valence-corrected chi connectivity index (χ0v) is 17.8. The van der Waals surface area contributed by atoms with Gasteiger partial charge < -0.3 is 24.8 Å². The van der Waals surface area contributed by atoms with Crippen LogP contribution in [0.1, 0.15) is 41.7 Å². The first-order valence-electron chi connectivity index (χ1n) is 9.51. The highest BCUT2D eigenvalue weighted by Gasteiger charge is 2.30. The van der Waals surface area contributed by atoms with Crippen molar-refractivity contribution in [1.29, 1.82) is 0 Å². The van der Waals surface area contributed by atoms with Crippen LogP contribution in [0.2, 0.25) is 5.02 Å². The highest BCUT2D eigenvalue weighted by molar-refractivity contribution is 6.31. The number of hydrogen-bond donors (Lipinski definition) is 2. The number of nitrogens with zero attached hydrogens (tertiary/aromatic N) is 3. The van der Waals surface area contributed by atoms with Crippen molar-refractivity contribution in [2.24, 2.45) is 0 Å². The third-order valence-electron chi connectivity index (χ3n) is 4.37. The molecule has 0 saturated carbocycles. The van der Waals surface area contributed by atoms with Crippen LogP contribution in [0.3, 0.4) is 0 Å². The highest BCUT2D eigenvalue weighted by atomic mass is 35.5. The van der Waals surface area contributed by atoms with Gasteiger partial charge in [-0.1, -0.05) is 17.7 Å². The van der Waals surface area contributed by atoms with Crippen LogP contribution in [-0.4, -0.2) is 69.5 Å². The number of H-pyrrole nitrogens is 1. The Hall–Kier alpha value is -3.07. The Kier molecular flexibility index (Phi) is 6.31. The quantitative estimate of drug-likeness (QED) is 0.773. The lowest BCUT2D eigenvalue weighted by Crippen LogP contribution is -2.51. The number of amides is 3. The van der Waals surface area contributed by atoms with Gasteiger partial charge in [-0.25, -0.2) is 9.78 Å². The number of ether oxygens (including phenoxy) is 1. The summed E-state index contributed by atoms with van der Waals surface area (Å²) >= 11 is 5.94. The minimum absolute atomic E-state index is 0.00505. The Morgan fingerprint density at radius 3 is 2.43 bits per heavy atom. The number of benzene rings is 1. The van der Waals surface area contributed by atoms with E-state index in [0.717, 1.165) is 0 Å². The number of imidazole rings is 1. The summed E-state index contributed by atoms with van der Waals surface area (Å²) in [5.74, 6) is -0.873. The number of rotatable bonds is 3. The third-order valence-corrected chi connectivity index (χ3v) is 4.60. The van der Waals surface area contributed by atoms with E-state index in [4.69, 9.17) is 16.3 Å². The molecule has 2 heterocycles. The Balaban J connectivity index is 1.63. The molecule has 0 bridgehead atoms. The maximum atomic E-state index is 12.9. The third kappa shape index (κ3) is 5.29. The molecule has 30 heavy (non-hydrogen) atoms. The number of carbonyl (C=O) groups excluding carboxylic acids is 3. The number of carbonyl (C=O) groups is 3. The van der Waals surface area contributed by atoms with Crippen LogP contribution < -0.4 is 5.32 Å². The van der Waals surface area contributed by atoms with Gasteiger partial charge in [0.15, 0.2) is 5.69 Å². The number of piperazine rings is 1. The van der Waals surface area contributed by atoms with Crippen molar-refractivity contribution >= 4 is 35.2 Å². The zero-order valence-electron chi connectivity index (χ0n) is 17.1. The van der Waals surface area contributed by atoms with Crippen LogP contribution >= 0.6 is 11.6 Å². The zero-order chi connectivity index (χ0) is 21.9. The van der Waals surface area contributed by atoms with Gasteiger partial charge in [0.1, 0.15) is 11.3 Å². The van der Waals surface area contributed by atoms with E-state index in [1.54, 1.807) is 54.8 Å². The van der Waals surface area contributed by atoms with Crippen LogP contribution in [0.4, 0.5) is 10.5 Å². The molecule has 2 aromatic rings. The predicted octanol–water partition coefficient (Wildman–Crippen LogP) is 3.01. The summed E-state index contributed by atoms with van der Waals surface area (Å²) in [7, 11) is 0. The summed E-state index contributed by atoms with van der Waals surface area (Å²) in [5.41, 5.74) is 0.0141. The molecule has 3 amide bonds. The second-order valence-corrected chi connectivity index (χ2v) is 8.29. The second-order valence-electron chi connectivity index (χ2n) is 7.85. The van der Waals surface area contributed by atoms with Gasteiger partial charge in [0, 0.05) is 36.9 Å². The summed E-state index contributed by atoms with van der Waals surface area (Å²) in [5, 5.41) is 3.16. The summed E-state index contributed by atoms with van der Waals surface area (Å²) < 4.78 is 5.37. The van der Waals surface area contributed by atoms with E-state index in [-0.39, 0.29) is 17.3 Å². The van der Waals surface area contributed by atoms with E-state index in [0.29, 0.717) is 36.9 Å². The van der Waals surface area contributed by atoms with Crippen molar-refractivity contribution in [2.75, 3.05) is 31.5 Å². The summed E-state index contributed by atoms with van der Waals surface area (Å²) in [6, 6.07) is 6.69. The molecule has 0 atom stereocenters. The molecule has 0 aliphatic carbocycles. The SMILES string of the molecule is CC(C)(C)OC(=O)N1CCN(C(=O)c2[nH]cnc2C(=O)Nc2cccc(Cl)c2)CC1. The molecular weight excluding hydrogens is 410 g/mol. The van der Waals surface area contributed by atoms with Gasteiger partial charge in [-0.2, -0.15) is 0 Å². The maximum Gasteiger partial charge on any atom is 0.410 e. The average Bonchev–Trinajstić information content (AvgIpc) is 3.16. The number of anilines is 1. The lowest BCUT2D eigenvalue weighted by atomic mass is 10.2. The fraction of sp³-hybridized carbons (Fsp3) is 0.400. The van der Waals surface area contributed by atoms with Crippen LogP contribution in [0, 0.1) is 0 Å². The number of aromatic amines is 1. The van der Waals surface area contributed by atoms with Gasteiger partial charge in [-0.3, -0.25) is 9.59 Å². The standard InChI is InChI=1S/C20H24ClN5O4/c1-20(2,3)30-19(29)26-9-7-25(8-10-26)18(28)16-15(22-12-23-16)17(27)24-14-6-4-5-13(21)11-14/h4-6,11-12H,7-10H2,1-3H3,(H,22,23)(H,24,27). The Bertz CT molecular complexity index is 945. The minimum atomic E-state index is -0.578. The first-order chi connectivity index (χ1) is 14.1. The molecule has 0 radical (unpaired) electrons. The molecule has 1 aromatic heterocycles. The number of nitrogens with one attached hydrogen (secondary N) is 2. The van der Waals surface area contributed by atoms with E-state index in [2.05, 4.69) is 15.3 Å². The molecule has 1 aliphatic heterocycles. The lowest BCUT2D eigenvalue weighted by Gasteiger charge is -2.35. The predicted molar refractivity (Wildman–Crippen MR) is 112 cm³/mol. The fourth-order valence-electron chi connectivity index (χ4n) is 2.96. The van der Waals surface area contributed by atoms with Crippen molar-refractivity contribution in [3.63, 3.8) is 0 Å². The van der Waals surface area contributed by atoms with Gasteiger partial charge in [0.2, 0.25) is 0 Å². The number of aromatic nitrogens is 2.